The molecule has 2 unspecified atom stereocenters. The number of para-hydroxylation sites is 1. The van der Waals surface area contributed by atoms with Crippen LogP contribution in [0.25, 0.3) is 10.9 Å². The van der Waals surface area contributed by atoms with Gasteiger partial charge in [0.05, 0.1) is 11.6 Å². The molecule has 2 aromatic rings. The van der Waals surface area contributed by atoms with E-state index in [9.17, 15) is 4.79 Å². The van der Waals surface area contributed by atoms with Gasteiger partial charge in [0.2, 0.25) is 5.82 Å². The van der Waals surface area contributed by atoms with E-state index in [0.717, 1.165) is 24.6 Å². The number of carboxylic acids is 1. The topological polar surface area (TPSA) is 84.3 Å². The Bertz CT molecular complexity index is 674. The molecule has 1 aromatic heterocycles. The number of fused-ring (bicyclic) bond motifs is 1. The molecule has 3 rings (SSSR count). The normalized spacial score (nSPS) is 21.6. The highest BCUT2D eigenvalue weighted by Crippen LogP contribution is 2.27. The quantitative estimate of drug-likeness (QED) is 0.897. The van der Waals surface area contributed by atoms with Crippen molar-refractivity contribution in [2.24, 2.45) is 0 Å². The zero-order valence-corrected chi connectivity index (χ0v) is 11.7. The summed E-state index contributed by atoms with van der Waals surface area (Å²) in [5, 5.41) is 13.3. The van der Waals surface area contributed by atoms with Gasteiger partial charge in [-0.05, 0) is 31.4 Å². The van der Waals surface area contributed by atoms with Gasteiger partial charge in [0, 0.05) is 18.5 Å². The van der Waals surface area contributed by atoms with Crippen LogP contribution in [-0.4, -0.2) is 40.3 Å². The van der Waals surface area contributed by atoms with Crippen LogP contribution in [0.4, 0.5) is 5.82 Å². The number of nitrogens with one attached hydrogen (secondary N) is 1. The third-order valence-corrected chi connectivity index (χ3v) is 3.85. The van der Waals surface area contributed by atoms with Gasteiger partial charge in [-0.1, -0.05) is 12.1 Å². The minimum atomic E-state index is -1.12. The number of rotatable bonds is 4. The van der Waals surface area contributed by atoms with E-state index in [4.69, 9.17) is 9.84 Å². The molecule has 2 N–H and O–H groups in total. The summed E-state index contributed by atoms with van der Waals surface area (Å²) in [6, 6.07) is 7.66. The molecule has 1 fully saturated rings. The molecular formula is C15H17N3O3. The molecule has 1 saturated carbocycles. The summed E-state index contributed by atoms with van der Waals surface area (Å²) in [7, 11) is 1.72. The molecule has 0 bridgehead atoms. The van der Waals surface area contributed by atoms with E-state index in [1.165, 1.54) is 0 Å². The first-order valence-corrected chi connectivity index (χ1v) is 6.97. The summed E-state index contributed by atoms with van der Waals surface area (Å²) in [5.74, 6) is -0.720. The molecule has 1 aromatic carbocycles. The van der Waals surface area contributed by atoms with Gasteiger partial charge < -0.3 is 15.2 Å². The lowest BCUT2D eigenvalue weighted by Crippen LogP contribution is -2.19. The zero-order chi connectivity index (χ0) is 14.8. The Kier molecular flexibility index (Phi) is 3.70. The van der Waals surface area contributed by atoms with Crippen LogP contribution in [0.2, 0.25) is 0 Å². The Labute approximate surface area is 122 Å². The summed E-state index contributed by atoms with van der Waals surface area (Å²) in [6.45, 7) is 0. The summed E-state index contributed by atoms with van der Waals surface area (Å²) < 4.78 is 5.36. The second-order valence-electron chi connectivity index (χ2n) is 5.23. The van der Waals surface area contributed by atoms with Crippen molar-refractivity contribution in [2.75, 3.05) is 12.4 Å². The lowest BCUT2D eigenvalue weighted by molar-refractivity contribution is 0.0684. The maximum atomic E-state index is 11.2. The van der Waals surface area contributed by atoms with Gasteiger partial charge in [-0.3, -0.25) is 0 Å². The fourth-order valence-corrected chi connectivity index (χ4v) is 2.76. The predicted octanol–water partition coefficient (Wildman–Crippen LogP) is 2.31. The number of anilines is 1. The Morgan fingerprint density at radius 3 is 2.86 bits per heavy atom. The van der Waals surface area contributed by atoms with E-state index in [2.05, 4.69) is 15.3 Å². The molecule has 2 atom stereocenters. The standard InChI is InChI=1S/C15H17N3O3/c1-21-10-7-6-9(8-10)16-13-11-4-2-3-5-12(11)17-14(18-13)15(19)20/h2-5,9-10H,6-8H2,1H3,(H,19,20)(H,16,17,18). The van der Waals surface area contributed by atoms with E-state index >= 15 is 0 Å². The number of ether oxygens (including phenoxy) is 1. The number of carbonyl (C=O) groups is 1. The molecule has 1 aliphatic carbocycles. The lowest BCUT2D eigenvalue weighted by atomic mass is 10.2. The molecule has 1 aliphatic rings. The van der Waals surface area contributed by atoms with E-state index in [0.29, 0.717) is 11.3 Å². The van der Waals surface area contributed by atoms with Crippen molar-refractivity contribution < 1.29 is 14.6 Å². The van der Waals surface area contributed by atoms with Crippen molar-refractivity contribution in [3.05, 3.63) is 30.1 Å². The van der Waals surface area contributed by atoms with Crippen LogP contribution in [0.15, 0.2) is 24.3 Å². The summed E-state index contributed by atoms with van der Waals surface area (Å²) in [6.07, 6.45) is 3.15. The van der Waals surface area contributed by atoms with Crippen LogP contribution in [0.1, 0.15) is 29.9 Å². The Morgan fingerprint density at radius 2 is 2.14 bits per heavy atom. The van der Waals surface area contributed by atoms with Crippen molar-refractivity contribution >= 4 is 22.7 Å². The molecule has 6 nitrogen and oxygen atoms in total. The van der Waals surface area contributed by atoms with Crippen molar-refractivity contribution in [3.8, 4) is 0 Å². The van der Waals surface area contributed by atoms with Crippen LogP contribution < -0.4 is 5.32 Å². The second-order valence-corrected chi connectivity index (χ2v) is 5.23. The number of hydrogen-bond donors (Lipinski definition) is 2. The largest absolute Gasteiger partial charge is 0.475 e. The summed E-state index contributed by atoms with van der Waals surface area (Å²) in [5.41, 5.74) is 0.633. The van der Waals surface area contributed by atoms with Gasteiger partial charge in [0.25, 0.3) is 0 Å². The molecule has 0 radical (unpaired) electrons. The molecule has 0 amide bonds. The van der Waals surface area contributed by atoms with E-state index in [1.54, 1.807) is 13.2 Å². The van der Waals surface area contributed by atoms with Crippen LogP contribution in [0.5, 0.6) is 0 Å². The van der Waals surface area contributed by atoms with E-state index in [-0.39, 0.29) is 18.0 Å². The van der Waals surface area contributed by atoms with Crippen LogP contribution in [-0.2, 0) is 4.74 Å². The van der Waals surface area contributed by atoms with Gasteiger partial charge in [0.15, 0.2) is 0 Å². The number of carboxylic acid groups (broad SMARTS) is 1. The first-order chi connectivity index (χ1) is 10.2. The monoisotopic (exact) mass is 287 g/mol. The van der Waals surface area contributed by atoms with Crippen molar-refractivity contribution in [3.63, 3.8) is 0 Å². The minimum Gasteiger partial charge on any atom is -0.475 e. The molecule has 0 spiro atoms. The smallest absolute Gasteiger partial charge is 0.374 e. The third-order valence-electron chi connectivity index (χ3n) is 3.85. The third kappa shape index (κ3) is 2.80. The first kappa shape index (κ1) is 13.8. The Morgan fingerprint density at radius 1 is 1.33 bits per heavy atom. The van der Waals surface area contributed by atoms with Gasteiger partial charge in [0.1, 0.15) is 5.82 Å². The molecular weight excluding hydrogens is 270 g/mol. The lowest BCUT2D eigenvalue weighted by Gasteiger charge is -2.15. The maximum absolute atomic E-state index is 11.2. The molecule has 21 heavy (non-hydrogen) atoms. The Balaban J connectivity index is 1.94. The van der Waals surface area contributed by atoms with Gasteiger partial charge in [-0.25, -0.2) is 14.8 Å². The number of aromatic carboxylic acids is 1. The Hall–Kier alpha value is -2.21. The molecule has 6 heteroatoms. The van der Waals surface area contributed by atoms with Crippen molar-refractivity contribution in [1.29, 1.82) is 0 Å². The minimum absolute atomic E-state index is 0.183. The van der Waals surface area contributed by atoms with Crippen LogP contribution in [0, 0.1) is 0 Å². The van der Waals surface area contributed by atoms with E-state index < -0.39 is 5.97 Å². The van der Waals surface area contributed by atoms with Gasteiger partial charge in [-0.15, -0.1) is 0 Å². The fourth-order valence-electron chi connectivity index (χ4n) is 2.76. The molecule has 110 valence electrons. The SMILES string of the molecule is COC1CCC(Nc2nc(C(=O)O)nc3ccccc23)C1. The maximum Gasteiger partial charge on any atom is 0.374 e. The molecule has 0 saturated heterocycles. The van der Waals surface area contributed by atoms with Gasteiger partial charge in [-0.2, -0.15) is 0 Å². The predicted molar refractivity (Wildman–Crippen MR) is 78.6 cm³/mol. The molecule has 0 aliphatic heterocycles. The van der Waals surface area contributed by atoms with Crippen LogP contribution >= 0.6 is 0 Å². The summed E-state index contributed by atoms with van der Waals surface area (Å²) in [4.78, 5) is 19.4. The van der Waals surface area contributed by atoms with Crippen LogP contribution in [0.3, 0.4) is 0 Å². The number of aromatic nitrogens is 2. The highest BCUT2D eigenvalue weighted by Gasteiger charge is 2.25. The highest BCUT2D eigenvalue weighted by atomic mass is 16.5. The number of benzene rings is 1. The average molecular weight is 287 g/mol. The second kappa shape index (κ2) is 5.65. The molecule has 1 heterocycles. The van der Waals surface area contributed by atoms with Crippen molar-refractivity contribution in [2.45, 2.75) is 31.4 Å². The number of nitrogens with zero attached hydrogens (tertiary/aromatic N) is 2. The zero-order valence-electron chi connectivity index (χ0n) is 11.7. The fraction of sp³-hybridized carbons (Fsp3) is 0.400. The average Bonchev–Trinajstić information content (AvgIpc) is 2.94. The van der Waals surface area contributed by atoms with Gasteiger partial charge >= 0.3 is 5.97 Å². The number of hydrogen-bond acceptors (Lipinski definition) is 5. The number of methoxy groups -OCH3 is 1. The summed E-state index contributed by atoms with van der Waals surface area (Å²) >= 11 is 0. The van der Waals surface area contributed by atoms with Crippen molar-refractivity contribution in [1.82, 2.24) is 9.97 Å². The highest BCUT2D eigenvalue weighted by molar-refractivity contribution is 5.93. The first-order valence-electron chi connectivity index (χ1n) is 6.97. The van der Waals surface area contributed by atoms with E-state index in [1.807, 2.05) is 18.2 Å².